The lowest BCUT2D eigenvalue weighted by Gasteiger charge is -2.30. The highest BCUT2D eigenvalue weighted by molar-refractivity contribution is 5.68. The molecule has 0 saturated heterocycles. The number of amides is 1. The van der Waals surface area contributed by atoms with E-state index in [0.29, 0.717) is 5.56 Å². The maximum Gasteiger partial charge on any atom is 0.407 e. The molecule has 1 atom stereocenters. The highest BCUT2D eigenvalue weighted by Crippen LogP contribution is 2.33. The van der Waals surface area contributed by atoms with Crippen LogP contribution in [0.3, 0.4) is 0 Å². The number of hydrogen-bond donors (Lipinski definition) is 4. The number of nitrogens with two attached hydrogens (primary N) is 1. The van der Waals surface area contributed by atoms with Crippen LogP contribution in [-0.4, -0.2) is 35.0 Å². The topological polar surface area (TPSA) is 105 Å². The molecule has 1 amide bonds. The summed E-state index contributed by atoms with van der Waals surface area (Å²) >= 11 is 0. The average Bonchev–Trinajstić information content (AvgIpc) is 2.37. The lowest BCUT2D eigenvalue weighted by Crippen LogP contribution is -2.45. The number of phenols is 2. The van der Waals surface area contributed by atoms with Crippen molar-refractivity contribution >= 4 is 6.09 Å². The summed E-state index contributed by atoms with van der Waals surface area (Å²) in [6.45, 7) is 7.47. The zero-order chi connectivity index (χ0) is 16.3. The van der Waals surface area contributed by atoms with E-state index in [0.717, 1.165) is 0 Å². The van der Waals surface area contributed by atoms with Gasteiger partial charge in [-0.3, -0.25) is 0 Å². The second-order valence-electron chi connectivity index (χ2n) is 6.32. The van der Waals surface area contributed by atoms with Crippen LogP contribution in [-0.2, 0) is 10.2 Å². The number of carbonyl (C=O) groups is 1. The van der Waals surface area contributed by atoms with Crippen molar-refractivity contribution in [2.75, 3.05) is 13.1 Å². The fraction of sp³-hybridized carbons (Fsp3) is 0.533. The quantitative estimate of drug-likeness (QED) is 0.635. The fourth-order valence-corrected chi connectivity index (χ4v) is 1.87. The van der Waals surface area contributed by atoms with E-state index in [1.54, 1.807) is 27.7 Å². The molecule has 6 heteroatoms. The summed E-state index contributed by atoms with van der Waals surface area (Å²) in [5.41, 5.74) is 4.95. The normalized spacial score (nSPS) is 14.3. The van der Waals surface area contributed by atoms with E-state index in [1.165, 1.54) is 18.2 Å². The summed E-state index contributed by atoms with van der Waals surface area (Å²) in [6, 6.07) is 4.22. The molecule has 0 aromatic heterocycles. The molecule has 1 unspecified atom stereocenters. The van der Waals surface area contributed by atoms with Crippen LogP contribution in [0.2, 0.25) is 0 Å². The number of alkyl carbamates (subject to hydrolysis) is 1. The van der Waals surface area contributed by atoms with Gasteiger partial charge in [-0.15, -0.1) is 0 Å². The molecule has 0 saturated carbocycles. The van der Waals surface area contributed by atoms with E-state index in [1.807, 2.05) is 0 Å². The van der Waals surface area contributed by atoms with Gasteiger partial charge in [-0.1, -0.05) is 6.92 Å². The minimum absolute atomic E-state index is 0.0201. The molecule has 0 bridgehead atoms. The van der Waals surface area contributed by atoms with Crippen molar-refractivity contribution in [2.45, 2.75) is 38.7 Å². The van der Waals surface area contributed by atoms with Gasteiger partial charge < -0.3 is 26.0 Å². The minimum atomic E-state index is -0.722. The Kier molecular flexibility index (Phi) is 5.06. The molecule has 1 aromatic carbocycles. The van der Waals surface area contributed by atoms with Gasteiger partial charge in [0.15, 0.2) is 0 Å². The van der Waals surface area contributed by atoms with Gasteiger partial charge >= 0.3 is 6.09 Å². The van der Waals surface area contributed by atoms with E-state index >= 15 is 0 Å². The maximum absolute atomic E-state index is 11.7. The maximum atomic E-state index is 11.7. The van der Waals surface area contributed by atoms with E-state index in [4.69, 9.17) is 10.5 Å². The van der Waals surface area contributed by atoms with Crippen LogP contribution in [0.25, 0.3) is 0 Å². The summed E-state index contributed by atoms with van der Waals surface area (Å²) in [5, 5.41) is 22.1. The Morgan fingerprint density at radius 3 is 2.43 bits per heavy atom. The number of phenolic OH excluding ortho intramolecular Hbond substituents is 2. The van der Waals surface area contributed by atoms with Crippen LogP contribution in [0, 0.1) is 0 Å². The molecule has 0 spiro atoms. The monoisotopic (exact) mass is 296 g/mol. The minimum Gasteiger partial charge on any atom is -0.508 e. The molecule has 5 N–H and O–H groups in total. The summed E-state index contributed by atoms with van der Waals surface area (Å²) in [4.78, 5) is 11.7. The van der Waals surface area contributed by atoms with Gasteiger partial charge in [-0.2, -0.15) is 0 Å². The SMILES string of the molecule is CC(C)(C)OC(=O)NCC(C)(CN)c1cc(O)ccc1O. The molecule has 21 heavy (non-hydrogen) atoms. The van der Waals surface area contributed by atoms with Gasteiger partial charge in [0.25, 0.3) is 0 Å². The van der Waals surface area contributed by atoms with E-state index in [9.17, 15) is 15.0 Å². The third-order valence-electron chi connectivity index (χ3n) is 3.10. The van der Waals surface area contributed by atoms with Gasteiger partial charge in [0.1, 0.15) is 17.1 Å². The summed E-state index contributed by atoms with van der Waals surface area (Å²) < 4.78 is 5.16. The van der Waals surface area contributed by atoms with Crippen LogP contribution >= 0.6 is 0 Å². The molecule has 0 aliphatic heterocycles. The van der Waals surface area contributed by atoms with Crippen LogP contribution in [0.1, 0.15) is 33.3 Å². The Labute approximate surface area is 124 Å². The van der Waals surface area contributed by atoms with Crippen molar-refractivity contribution in [3.05, 3.63) is 23.8 Å². The first kappa shape index (κ1) is 17.1. The predicted molar refractivity (Wildman–Crippen MR) is 80.4 cm³/mol. The third kappa shape index (κ3) is 4.82. The Morgan fingerprint density at radius 1 is 1.29 bits per heavy atom. The molecular formula is C15H24N2O4. The van der Waals surface area contributed by atoms with Crippen molar-refractivity contribution in [2.24, 2.45) is 5.73 Å². The first-order chi connectivity index (χ1) is 9.57. The Bertz CT molecular complexity index is 511. The van der Waals surface area contributed by atoms with Gasteiger partial charge in [0.05, 0.1) is 0 Å². The van der Waals surface area contributed by atoms with E-state index in [2.05, 4.69) is 5.32 Å². The molecular weight excluding hydrogens is 272 g/mol. The number of rotatable bonds is 4. The van der Waals surface area contributed by atoms with Crippen molar-refractivity contribution in [1.29, 1.82) is 0 Å². The zero-order valence-electron chi connectivity index (χ0n) is 12.9. The molecule has 0 fully saturated rings. The highest BCUT2D eigenvalue weighted by Gasteiger charge is 2.30. The molecule has 0 aliphatic carbocycles. The number of carbonyl (C=O) groups excluding carboxylic acids is 1. The Hall–Kier alpha value is -1.95. The largest absolute Gasteiger partial charge is 0.508 e. The molecule has 118 valence electrons. The van der Waals surface area contributed by atoms with Gasteiger partial charge in [-0.25, -0.2) is 4.79 Å². The van der Waals surface area contributed by atoms with Crippen LogP contribution < -0.4 is 11.1 Å². The van der Waals surface area contributed by atoms with Gasteiger partial charge in [-0.05, 0) is 39.0 Å². The van der Waals surface area contributed by atoms with Crippen molar-refractivity contribution in [3.8, 4) is 11.5 Å². The summed E-state index contributed by atoms with van der Waals surface area (Å²) in [6.07, 6.45) is -0.554. The van der Waals surface area contributed by atoms with Gasteiger partial charge in [0, 0.05) is 24.1 Å². The highest BCUT2D eigenvalue weighted by atomic mass is 16.6. The number of nitrogens with one attached hydrogen (secondary N) is 1. The molecule has 0 heterocycles. The second kappa shape index (κ2) is 6.22. The van der Waals surface area contributed by atoms with Gasteiger partial charge in [0.2, 0.25) is 0 Å². The van der Waals surface area contributed by atoms with Crippen LogP contribution in [0.15, 0.2) is 18.2 Å². The third-order valence-corrected chi connectivity index (χ3v) is 3.10. The first-order valence-corrected chi connectivity index (χ1v) is 6.77. The Morgan fingerprint density at radius 2 is 1.90 bits per heavy atom. The smallest absolute Gasteiger partial charge is 0.407 e. The number of benzene rings is 1. The number of hydrogen-bond acceptors (Lipinski definition) is 5. The second-order valence-corrected chi connectivity index (χ2v) is 6.32. The van der Waals surface area contributed by atoms with Crippen LogP contribution in [0.4, 0.5) is 4.79 Å². The molecule has 0 aliphatic rings. The van der Waals surface area contributed by atoms with Crippen LogP contribution in [0.5, 0.6) is 11.5 Å². The number of ether oxygens (including phenoxy) is 1. The molecule has 6 nitrogen and oxygen atoms in total. The van der Waals surface area contributed by atoms with E-state index < -0.39 is 17.1 Å². The molecule has 1 rings (SSSR count). The lowest BCUT2D eigenvalue weighted by atomic mass is 9.81. The summed E-state index contributed by atoms with van der Waals surface area (Å²) in [5.74, 6) is 0.0477. The average molecular weight is 296 g/mol. The fourth-order valence-electron chi connectivity index (χ4n) is 1.87. The zero-order valence-corrected chi connectivity index (χ0v) is 12.9. The van der Waals surface area contributed by atoms with Crippen molar-refractivity contribution in [3.63, 3.8) is 0 Å². The lowest BCUT2D eigenvalue weighted by molar-refractivity contribution is 0.0516. The predicted octanol–water partition coefficient (Wildman–Crippen LogP) is 1.84. The standard InChI is InChI=1S/C15H24N2O4/c1-14(2,3)21-13(20)17-9-15(4,8-16)11-7-10(18)5-6-12(11)19/h5-7,18-19H,8-9,16H2,1-4H3,(H,17,20). The first-order valence-electron chi connectivity index (χ1n) is 6.77. The number of aromatic hydroxyl groups is 2. The van der Waals surface area contributed by atoms with Crippen molar-refractivity contribution < 1.29 is 19.7 Å². The molecule has 0 radical (unpaired) electrons. The van der Waals surface area contributed by atoms with Crippen molar-refractivity contribution in [1.82, 2.24) is 5.32 Å². The summed E-state index contributed by atoms with van der Waals surface area (Å²) in [7, 11) is 0. The molecule has 1 aromatic rings. The van der Waals surface area contributed by atoms with E-state index in [-0.39, 0.29) is 24.6 Å². The Balaban J connectivity index is 2.86.